The van der Waals surface area contributed by atoms with Crippen molar-refractivity contribution in [1.82, 2.24) is 9.80 Å². The van der Waals surface area contributed by atoms with Gasteiger partial charge in [-0.2, -0.15) is 0 Å². The van der Waals surface area contributed by atoms with E-state index in [1.165, 1.54) is 0 Å². The van der Waals surface area contributed by atoms with Crippen molar-refractivity contribution in [1.29, 1.82) is 0 Å². The molecule has 1 N–H and O–H groups in total. The first-order chi connectivity index (χ1) is 11.2. The van der Waals surface area contributed by atoms with Crippen molar-refractivity contribution < 1.29 is 14.6 Å². The second kappa shape index (κ2) is 7.90. The van der Waals surface area contributed by atoms with Gasteiger partial charge in [0.15, 0.2) is 0 Å². The first-order valence-electron chi connectivity index (χ1n) is 8.57. The molecule has 1 aromatic carbocycles. The van der Waals surface area contributed by atoms with Crippen LogP contribution >= 0.6 is 0 Å². The number of rotatable bonds is 5. The molecule has 0 unspecified atom stereocenters. The minimum absolute atomic E-state index is 0.125. The summed E-state index contributed by atoms with van der Waals surface area (Å²) in [6.45, 7) is 4.54. The maximum absolute atomic E-state index is 12.3. The number of hydrogen-bond donors (Lipinski definition) is 1. The van der Waals surface area contributed by atoms with Gasteiger partial charge < -0.3 is 14.7 Å². The highest BCUT2D eigenvalue weighted by Gasteiger charge is 2.26. The lowest BCUT2D eigenvalue weighted by Gasteiger charge is -2.36. The van der Waals surface area contributed by atoms with Crippen LogP contribution in [-0.2, 0) is 9.53 Å². The van der Waals surface area contributed by atoms with Crippen LogP contribution in [0, 0.1) is 0 Å². The van der Waals surface area contributed by atoms with Gasteiger partial charge in [-0.1, -0.05) is 30.3 Å². The van der Waals surface area contributed by atoms with Crippen molar-refractivity contribution in [2.24, 2.45) is 0 Å². The van der Waals surface area contributed by atoms with Gasteiger partial charge in [0, 0.05) is 39.3 Å². The summed E-state index contributed by atoms with van der Waals surface area (Å²) in [4.78, 5) is 16.4. The lowest BCUT2D eigenvalue weighted by atomic mass is 10.1. The molecule has 1 amide bonds. The number of nitrogens with zero attached hydrogens (tertiary/aromatic N) is 2. The fourth-order valence-electron chi connectivity index (χ4n) is 3.33. The third-order valence-corrected chi connectivity index (χ3v) is 4.77. The number of aliphatic hydroxyl groups excluding tert-OH is 1. The minimum Gasteiger partial charge on any atom is -0.387 e. The molecule has 0 aliphatic carbocycles. The molecule has 0 radical (unpaired) electrons. The van der Waals surface area contributed by atoms with Crippen LogP contribution in [0.3, 0.4) is 0 Å². The third kappa shape index (κ3) is 4.53. The molecule has 0 bridgehead atoms. The molecule has 0 spiro atoms. The number of piperazine rings is 1. The van der Waals surface area contributed by atoms with Gasteiger partial charge in [-0.25, -0.2) is 0 Å². The van der Waals surface area contributed by atoms with Crippen LogP contribution in [-0.4, -0.2) is 66.2 Å². The Morgan fingerprint density at radius 2 is 1.96 bits per heavy atom. The smallest absolute Gasteiger partial charge is 0.225 e. The van der Waals surface area contributed by atoms with Crippen molar-refractivity contribution in [2.75, 3.05) is 39.3 Å². The number of amides is 1. The summed E-state index contributed by atoms with van der Waals surface area (Å²) in [5.41, 5.74) is 0.949. The Morgan fingerprint density at radius 1 is 1.22 bits per heavy atom. The normalized spacial score (nSPS) is 23.9. The minimum atomic E-state index is -0.467. The zero-order valence-electron chi connectivity index (χ0n) is 13.6. The quantitative estimate of drug-likeness (QED) is 0.892. The van der Waals surface area contributed by atoms with E-state index in [-0.39, 0.29) is 12.0 Å². The van der Waals surface area contributed by atoms with E-state index in [1.807, 2.05) is 35.2 Å². The van der Waals surface area contributed by atoms with E-state index in [1.54, 1.807) is 0 Å². The summed E-state index contributed by atoms with van der Waals surface area (Å²) in [5.74, 6) is 0.208. The zero-order valence-corrected chi connectivity index (χ0v) is 13.6. The highest BCUT2D eigenvalue weighted by molar-refractivity contribution is 5.76. The predicted molar refractivity (Wildman–Crippen MR) is 88.0 cm³/mol. The van der Waals surface area contributed by atoms with Crippen LogP contribution in [0.2, 0.25) is 0 Å². The average Bonchev–Trinajstić information content (AvgIpc) is 3.09. The second-order valence-electron chi connectivity index (χ2n) is 6.45. The van der Waals surface area contributed by atoms with E-state index < -0.39 is 6.10 Å². The van der Waals surface area contributed by atoms with Gasteiger partial charge in [0.2, 0.25) is 5.91 Å². The Kier molecular flexibility index (Phi) is 5.65. The Labute approximate surface area is 137 Å². The fourth-order valence-corrected chi connectivity index (χ4v) is 3.33. The Bertz CT molecular complexity index is 494. The molecular weight excluding hydrogens is 292 g/mol. The molecule has 2 saturated heterocycles. The third-order valence-electron chi connectivity index (χ3n) is 4.77. The van der Waals surface area contributed by atoms with Crippen molar-refractivity contribution in [2.45, 2.75) is 31.5 Å². The molecular formula is C18H26N2O3. The molecule has 5 nitrogen and oxygen atoms in total. The molecule has 2 fully saturated rings. The van der Waals surface area contributed by atoms with E-state index in [0.29, 0.717) is 13.0 Å². The molecule has 1 aromatic rings. The standard InChI is InChI=1S/C18H26N2O3/c21-17(15-5-2-1-3-6-15)14-19-8-10-20(11-9-19)18(22)13-16-7-4-12-23-16/h1-3,5-6,16-17,21H,4,7-14H2/t16-,17-/m0/s1. The molecule has 2 heterocycles. The highest BCUT2D eigenvalue weighted by atomic mass is 16.5. The maximum atomic E-state index is 12.3. The van der Waals surface area contributed by atoms with Crippen LogP contribution < -0.4 is 0 Å². The lowest BCUT2D eigenvalue weighted by Crippen LogP contribution is -2.50. The molecule has 2 atom stereocenters. The van der Waals surface area contributed by atoms with E-state index in [9.17, 15) is 9.90 Å². The van der Waals surface area contributed by atoms with Crippen molar-refractivity contribution >= 4 is 5.91 Å². The monoisotopic (exact) mass is 318 g/mol. The van der Waals surface area contributed by atoms with E-state index >= 15 is 0 Å². The lowest BCUT2D eigenvalue weighted by molar-refractivity contribution is -0.135. The van der Waals surface area contributed by atoms with Gasteiger partial charge in [0.25, 0.3) is 0 Å². The average molecular weight is 318 g/mol. The number of carbonyl (C=O) groups is 1. The van der Waals surface area contributed by atoms with Gasteiger partial charge in [0.05, 0.1) is 18.6 Å². The van der Waals surface area contributed by atoms with Gasteiger partial charge in [-0.15, -0.1) is 0 Å². The Morgan fingerprint density at radius 3 is 2.61 bits per heavy atom. The molecule has 0 aromatic heterocycles. The van der Waals surface area contributed by atoms with Crippen LogP contribution in [0.1, 0.15) is 30.9 Å². The van der Waals surface area contributed by atoms with Gasteiger partial charge in [-0.3, -0.25) is 9.69 Å². The van der Waals surface area contributed by atoms with Gasteiger partial charge in [0.1, 0.15) is 0 Å². The van der Waals surface area contributed by atoms with Crippen LogP contribution in [0.25, 0.3) is 0 Å². The first kappa shape index (κ1) is 16.4. The maximum Gasteiger partial charge on any atom is 0.225 e. The van der Waals surface area contributed by atoms with Crippen molar-refractivity contribution in [3.8, 4) is 0 Å². The van der Waals surface area contributed by atoms with Crippen LogP contribution in [0.15, 0.2) is 30.3 Å². The molecule has 5 heteroatoms. The summed E-state index contributed by atoms with van der Waals surface area (Å²) in [6.07, 6.45) is 2.26. The molecule has 2 aliphatic rings. The zero-order chi connectivity index (χ0) is 16.1. The number of ether oxygens (including phenoxy) is 1. The van der Waals surface area contributed by atoms with Gasteiger partial charge >= 0.3 is 0 Å². The number of hydrogen-bond acceptors (Lipinski definition) is 4. The van der Waals surface area contributed by atoms with E-state index in [0.717, 1.165) is 51.2 Å². The predicted octanol–water partition coefficient (Wildman–Crippen LogP) is 1.43. The van der Waals surface area contributed by atoms with Gasteiger partial charge in [-0.05, 0) is 18.4 Å². The number of carbonyl (C=O) groups excluding carboxylic acids is 1. The number of aliphatic hydroxyl groups is 1. The topological polar surface area (TPSA) is 53.0 Å². The van der Waals surface area contributed by atoms with Crippen LogP contribution in [0.5, 0.6) is 0 Å². The number of β-amino-alcohol motifs (C(OH)–C–C–N with tert-alkyl or cyclic N) is 1. The molecule has 3 rings (SSSR count). The summed E-state index contributed by atoms with van der Waals surface area (Å²) in [7, 11) is 0. The first-order valence-corrected chi connectivity index (χ1v) is 8.57. The Hall–Kier alpha value is -1.43. The van der Waals surface area contributed by atoms with Crippen molar-refractivity contribution in [3.05, 3.63) is 35.9 Å². The molecule has 2 aliphatic heterocycles. The number of benzene rings is 1. The molecule has 0 saturated carbocycles. The Balaban J connectivity index is 1.42. The SMILES string of the molecule is O=C(C[C@@H]1CCCO1)N1CCN(C[C@H](O)c2ccccc2)CC1. The fraction of sp³-hybridized carbons (Fsp3) is 0.611. The van der Waals surface area contributed by atoms with Crippen LogP contribution in [0.4, 0.5) is 0 Å². The summed E-state index contributed by atoms with van der Waals surface area (Å²) in [6, 6.07) is 9.74. The summed E-state index contributed by atoms with van der Waals surface area (Å²) < 4.78 is 5.55. The van der Waals surface area contributed by atoms with E-state index in [2.05, 4.69) is 4.90 Å². The highest BCUT2D eigenvalue weighted by Crippen LogP contribution is 2.18. The van der Waals surface area contributed by atoms with E-state index in [4.69, 9.17) is 4.74 Å². The molecule has 23 heavy (non-hydrogen) atoms. The largest absolute Gasteiger partial charge is 0.387 e. The second-order valence-corrected chi connectivity index (χ2v) is 6.45. The molecule has 126 valence electrons. The summed E-state index contributed by atoms with van der Waals surface area (Å²) in [5, 5.41) is 10.3. The van der Waals surface area contributed by atoms with Crippen molar-refractivity contribution in [3.63, 3.8) is 0 Å². The summed E-state index contributed by atoms with van der Waals surface area (Å²) >= 11 is 0.